The summed E-state index contributed by atoms with van der Waals surface area (Å²) in [4.78, 5) is 26.8. The van der Waals surface area contributed by atoms with Crippen LogP contribution in [0.4, 0.5) is 0 Å². The van der Waals surface area contributed by atoms with Crippen LogP contribution in [0.25, 0.3) is 21.8 Å². The predicted molar refractivity (Wildman–Crippen MR) is 92.0 cm³/mol. The van der Waals surface area contributed by atoms with Gasteiger partial charge in [0.2, 0.25) is 0 Å². The summed E-state index contributed by atoms with van der Waals surface area (Å²) in [6, 6.07) is 2.89. The van der Waals surface area contributed by atoms with Gasteiger partial charge >= 0.3 is 0 Å². The van der Waals surface area contributed by atoms with Crippen molar-refractivity contribution in [2.45, 2.75) is 38.4 Å². The monoisotopic (exact) mass is 366 g/mol. The van der Waals surface area contributed by atoms with Gasteiger partial charge in [-0.2, -0.15) is 4.80 Å². The molecule has 3 aromatic heterocycles. The van der Waals surface area contributed by atoms with E-state index >= 15 is 0 Å². The molecule has 0 aliphatic heterocycles. The van der Waals surface area contributed by atoms with Gasteiger partial charge in [0.05, 0.1) is 29.4 Å². The van der Waals surface area contributed by atoms with E-state index in [0.717, 1.165) is 12.8 Å². The molecule has 1 fully saturated rings. The van der Waals surface area contributed by atoms with Crippen LogP contribution in [0.15, 0.2) is 28.0 Å². The SMILES string of the molecule is CC(Cn1ncnn1)n1nnc2cc3c(=O)n(C4CC4)nnc3cc2c1=O. The Balaban J connectivity index is 1.63. The van der Waals surface area contributed by atoms with Crippen LogP contribution in [-0.2, 0) is 6.54 Å². The highest BCUT2D eigenvalue weighted by molar-refractivity contribution is 5.93. The molecule has 136 valence electrons. The topological polar surface area (TPSA) is 139 Å². The first-order valence-electron chi connectivity index (χ1n) is 8.51. The van der Waals surface area contributed by atoms with Gasteiger partial charge in [0.1, 0.15) is 11.0 Å². The smallest absolute Gasteiger partial charge is 0.267 e. The summed E-state index contributed by atoms with van der Waals surface area (Å²) in [7, 11) is 0. The van der Waals surface area contributed by atoms with Gasteiger partial charge in [-0.3, -0.25) is 9.59 Å². The molecule has 1 aromatic carbocycles. The first-order chi connectivity index (χ1) is 13.1. The lowest BCUT2D eigenvalue weighted by atomic mass is 10.2. The lowest BCUT2D eigenvalue weighted by Crippen LogP contribution is -2.30. The predicted octanol–water partition coefficient (Wildman–Crippen LogP) is -0.521. The van der Waals surface area contributed by atoms with Crippen LogP contribution in [0, 0.1) is 0 Å². The van der Waals surface area contributed by atoms with Crippen LogP contribution < -0.4 is 11.1 Å². The highest BCUT2D eigenvalue weighted by Crippen LogP contribution is 2.32. The molecule has 0 radical (unpaired) electrons. The van der Waals surface area contributed by atoms with Crippen LogP contribution in [-0.4, -0.2) is 50.2 Å². The van der Waals surface area contributed by atoms with E-state index in [2.05, 4.69) is 36.0 Å². The zero-order valence-corrected chi connectivity index (χ0v) is 14.3. The van der Waals surface area contributed by atoms with Gasteiger partial charge in [-0.25, -0.2) is 9.36 Å². The fourth-order valence-corrected chi connectivity index (χ4v) is 3.04. The molecular weight excluding hydrogens is 352 g/mol. The average Bonchev–Trinajstić information content (AvgIpc) is 3.38. The molecule has 12 nitrogen and oxygen atoms in total. The summed E-state index contributed by atoms with van der Waals surface area (Å²) >= 11 is 0. The summed E-state index contributed by atoms with van der Waals surface area (Å²) in [5.74, 6) is 0. The fourth-order valence-electron chi connectivity index (χ4n) is 3.04. The van der Waals surface area contributed by atoms with Gasteiger partial charge in [0, 0.05) is 0 Å². The van der Waals surface area contributed by atoms with Crippen molar-refractivity contribution >= 4 is 21.8 Å². The average molecular weight is 366 g/mol. The van der Waals surface area contributed by atoms with E-state index in [1.165, 1.54) is 20.5 Å². The van der Waals surface area contributed by atoms with E-state index in [0.29, 0.717) is 28.4 Å². The lowest BCUT2D eigenvalue weighted by molar-refractivity contribution is 0.354. The van der Waals surface area contributed by atoms with E-state index in [-0.39, 0.29) is 23.2 Å². The highest BCUT2D eigenvalue weighted by Gasteiger charge is 2.27. The maximum absolute atomic E-state index is 12.9. The van der Waals surface area contributed by atoms with Gasteiger partial charge in [-0.1, -0.05) is 10.4 Å². The Morgan fingerprint density at radius 1 is 1.04 bits per heavy atom. The third-order valence-corrected chi connectivity index (χ3v) is 4.62. The third-order valence-electron chi connectivity index (χ3n) is 4.62. The molecule has 0 saturated heterocycles. The van der Waals surface area contributed by atoms with Crippen LogP contribution in [0.3, 0.4) is 0 Å². The molecule has 0 bridgehead atoms. The molecule has 0 amide bonds. The van der Waals surface area contributed by atoms with Gasteiger partial charge in [0.15, 0.2) is 6.33 Å². The summed E-state index contributed by atoms with van der Waals surface area (Å²) < 4.78 is 2.66. The number of rotatable bonds is 4. The van der Waals surface area contributed by atoms with Gasteiger partial charge in [-0.05, 0) is 37.1 Å². The van der Waals surface area contributed by atoms with E-state index in [4.69, 9.17) is 0 Å². The van der Waals surface area contributed by atoms with Crippen LogP contribution in [0.2, 0.25) is 0 Å². The second-order valence-electron chi connectivity index (χ2n) is 6.64. The molecule has 5 rings (SSSR count). The number of aromatic nitrogens is 10. The van der Waals surface area contributed by atoms with Gasteiger partial charge < -0.3 is 0 Å². The van der Waals surface area contributed by atoms with Crippen molar-refractivity contribution in [1.82, 2.24) is 50.2 Å². The first-order valence-corrected chi connectivity index (χ1v) is 8.51. The molecule has 27 heavy (non-hydrogen) atoms. The molecule has 12 heteroatoms. The van der Waals surface area contributed by atoms with E-state index in [1.54, 1.807) is 19.1 Å². The highest BCUT2D eigenvalue weighted by atomic mass is 16.1. The molecule has 0 N–H and O–H groups in total. The van der Waals surface area contributed by atoms with Crippen LogP contribution in [0.5, 0.6) is 0 Å². The normalized spacial score (nSPS) is 15.4. The second-order valence-corrected chi connectivity index (χ2v) is 6.64. The molecule has 4 aromatic rings. The number of fused-ring (bicyclic) bond motifs is 2. The molecule has 1 unspecified atom stereocenters. The van der Waals surface area contributed by atoms with E-state index < -0.39 is 0 Å². The Hall–Kier alpha value is -3.57. The first kappa shape index (κ1) is 15.7. The Morgan fingerprint density at radius 3 is 2.41 bits per heavy atom. The Morgan fingerprint density at radius 2 is 1.74 bits per heavy atom. The van der Waals surface area contributed by atoms with Crippen LogP contribution in [0.1, 0.15) is 31.8 Å². The fraction of sp³-hybridized carbons (Fsp3) is 0.400. The Bertz CT molecular complexity index is 1270. The van der Waals surface area contributed by atoms with Crippen molar-refractivity contribution < 1.29 is 0 Å². The Labute approximate surface area is 150 Å². The number of benzene rings is 1. The largest absolute Gasteiger partial charge is 0.277 e. The molecule has 1 aliphatic carbocycles. The number of tetrazole rings is 1. The summed E-state index contributed by atoms with van der Waals surface area (Å²) in [6.07, 6.45) is 3.17. The zero-order valence-electron chi connectivity index (χ0n) is 14.3. The van der Waals surface area contributed by atoms with E-state index in [9.17, 15) is 9.59 Å². The van der Waals surface area contributed by atoms with Gasteiger partial charge in [-0.15, -0.1) is 20.4 Å². The number of nitrogens with zero attached hydrogens (tertiary/aromatic N) is 10. The maximum atomic E-state index is 12.9. The number of hydrogen-bond acceptors (Lipinski definition) is 9. The molecular formula is C15H14N10O2. The minimum atomic E-state index is -0.340. The van der Waals surface area contributed by atoms with Gasteiger partial charge in [0.25, 0.3) is 11.1 Å². The van der Waals surface area contributed by atoms with Crippen molar-refractivity contribution in [3.63, 3.8) is 0 Å². The maximum Gasteiger partial charge on any atom is 0.277 e. The lowest BCUT2D eigenvalue weighted by Gasteiger charge is -2.12. The zero-order chi connectivity index (χ0) is 18.5. The second kappa shape index (κ2) is 5.72. The minimum Gasteiger partial charge on any atom is -0.267 e. The third kappa shape index (κ3) is 2.56. The van der Waals surface area contributed by atoms with Crippen molar-refractivity contribution in [2.24, 2.45) is 0 Å². The molecule has 1 atom stereocenters. The molecule has 0 spiro atoms. The Kier molecular flexibility index (Phi) is 3.32. The number of hydrogen-bond donors (Lipinski definition) is 0. The summed E-state index contributed by atoms with van der Waals surface area (Å²) in [5.41, 5.74) is 0.164. The molecule has 3 heterocycles. The van der Waals surface area contributed by atoms with Crippen molar-refractivity contribution in [3.05, 3.63) is 39.2 Å². The molecule has 1 saturated carbocycles. The standard InChI is InChI=1S/C15H14N10O2/c1-8(6-23-17-7-16-20-23)24-14(26)10-4-13-11(5-12(10)18-21-24)15(27)25(22-19-13)9-2-3-9/h4-5,7-9H,2-3,6H2,1H3. The summed E-state index contributed by atoms with van der Waals surface area (Å²) in [6.45, 7) is 2.13. The minimum absolute atomic E-state index is 0.121. The van der Waals surface area contributed by atoms with Crippen molar-refractivity contribution in [3.8, 4) is 0 Å². The van der Waals surface area contributed by atoms with Crippen molar-refractivity contribution in [2.75, 3.05) is 0 Å². The van der Waals surface area contributed by atoms with Crippen molar-refractivity contribution in [1.29, 1.82) is 0 Å². The summed E-state index contributed by atoms with van der Waals surface area (Å²) in [5, 5.41) is 28.3. The quantitative estimate of drug-likeness (QED) is 0.436. The molecule has 1 aliphatic rings. The van der Waals surface area contributed by atoms with Crippen LogP contribution >= 0.6 is 0 Å². The van der Waals surface area contributed by atoms with E-state index in [1.807, 2.05) is 0 Å².